The molecule has 0 aromatic heterocycles. The fourth-order valence-electron chi connectivity index (χ4n) is 1.37. The Morgan fingerprint density at radius 2 is 2.00 bits per heavy atom. The van der Waals surface area contributed by atoms with Crippen LogP contribution in [0.5, 0.6) is 5.75 Å². The van der Waals surface area contributed by atoms with Gasteiger partial charge < -0.3 is 4.74 Å². The third-order valence-corrected chi connectivity index (χ3v) is 2.17. The zero-order valence-corrected chi connectivity index (χ0v) is 8.76. The van der Waals surface area contributed by atoms with E-state index in [-0.39, 0.29) is 0 Å². The van der Waals surface area contributed by atoms with E-state index in [1.165, 1.54) is 11.1 Å². The van der Waals surface area contributed by atoms with E-state index in [4.69, 9.17) is 4.74 Å². The van der Waals surface area contributed by atoms with Gasteiger partial charge in [-0.05, 0) is 43.0 Å². The smallest absolute Gasteiger partial charge is 0.119 e. The Labute approximate surface area is 80.7 Å². The molecule has 0 unspecified atom stereocenters. The van der Waals surface area contributed by atoms with E-state index < -0.39 is 0 Å². The van der Waals surface area contributed by atoms with Gasteiger partial charge in [-0.1, -0.05) is 19.9 Å². The summed E-state index contributed by atoms with van der Waals surface area (Å²) in [6.07, 6.45) is 2.16. The summed E-state index contributed by atoms with van der Waals surface area (Å²) in [5.41, 5.74) is 2.74. The summed E-state index contributed by atoms with van der Waals surface area (Å²) in [7, 11) is 0. The molecule has 0 heterocycles. The van der Waals surface area contributed by atoms with Gasteiger partial charge in [-0.15, -0.1) is 0 Å². The Hall–Kier alpha value is -0.980. The van der Waals surface area contributed by atoms with Gasteiger partial charge in [-0.2, -0.15) is 0 Å². The van der Waals surface area contributed by atoms with E-state index in [1.54, 1.807) is 0 Å². The van der Waals surface area contributed by atoms with E-state index in [2.05, 4.69) is 39.0 Å². The summed E-state index contributed by atoms with van der Waals surface area (Å²) < 4.78 is 5.54. The maximum absolute atomic E-state index is 5.54. The molecule has 0 bridgehead atoms. The minimum atomic E-state index is 0.810. The van der Waals surface area contributed by atoms with Crippen molar-refractivity contribution >= 4 is 0 Å². The van der Waals surface area contributed by atoms with Crippen LogP contribution in [0.2, 0.25) is 0 Å². The molecule has 1 rings (SSSR count). The van der Waals surface area contributed by atoms with Gasteiger partial charge in [-0.25, -0.2) is 0 Å². The Kier molecular flexibility index (Phi) is 3.81. The first-order chi connectivity index (χ1) is 6.27. The molecule has 13 heavy (non-hydrogen) atoms. The van der Waals surface area contributed by atoms with Crippen LogP contribution < -0.4 is 4.74 Å². The van der Waals surface area contributed by atoms with Crippen molar-refractivity contribution in [2.24, 2.45) is 0 Å². The lowest BCUT2D eigenvalue weighted by molar-refractivity contribution is 0.317. The van der Waals surface area contributed by atoms with Gasteiger partial charge in [0, 0.05) is 0 Å². The summed E-state index contributed by atoms with van der Waals surface area (Å²) in [4.78, 5) is 0. The van der Waals surface area contributed by atoms with Crippen LogP contribution in [0.4, 0.5) is 0 Å². The van der Waals surface area contributed by atoms with Crippen molar-refractivity contribution in [2.75, 3.05) is 6.61 Å². The van der Waals surface area contributed by atoms with Crippen LogP contribution in [-0.2, 0) is 6.42 Å². The maximum atomic E-state index is 5.54. The van der Waals surface area contributed by atoms with E-state index in [0.29, 0.717) is 0 Å². The zero-order valence-electron chi connectivity index (χ0n) is 8.76. The van der Waals surface area contributed by atoms with Crippen molar-refractivity contribution in [3.8, 4) is 5.75 Å². The van der Waals surface area contributed by atoms with Crippen molar-refractivity contribution in [1.82, 2.24) is 0 Å². The van der Waals surface area contributed by atoms with Crippen LogP contribution in [0.1, 0.15) is 31.4 Å². The first-order valence-corrected chi connectivity index (χ1v) is 5.00. The van der Waals surface area contributed by atoms with Gasteiger partial charge in [0.2, 0.25) is 0 Å². The summed E-state index contributed by atoms with van der Waals surface area (Å²) in [5.74, 6) is 0.997. The fraction of sp³-hybridized carbons (Fsp3) is 0.500. The van der Waals surface area contributed by atoms with Gasteiger partial charge in [0.05, 0.1) is 6.61 Å². The zero-order chi connectivity index (χ0) is 9.68. The molecule has 0 fully saturated rings. The lowest BCUT2D eigenvalue weighted by atomic mass is 10.1. The van der Waals surface area contributed by atoms with Crippen LogP contribution in [-0.4, -0.2) is 6.61 Å². The highest BCUT2D eigenvalue weighted by molar-refractivity contribution is 5.34. The molecular formula is C12H18O. The first-order valence-electron chi connectivity index (χ1n) is 5.00. The van der Waals surface area contributed by atoms with Gasteiger partial charge >= 0.3 is 0 Å². The molecule has 0 saturated heterocycles. The molecular weight excluding hydrogens is 160 g/mol. The molecule has 0 aliphatic heterocycles. The molecule has 1 nitrogen and oxygen atoms in total. The van der Waals surface area contributed by atoms with E-state index in [1.807, 2.05) is 0 Å². The lowest BCUT2D eigenvalue weighted by Gasteiger charge is -2.07. The molecule has 1 heteroatoms. The highest BCUT2D eigenvalue weighted by atomic mass is 16.5. The van der Waals surface area contributed by atoms with Crippen molar-refractivity contribution in [2.45, 2.75) is 33.6 Å². The first kappa shape index (κ1) is 10.1. The van der Waals surface area contributed by atoms with Crippen molar-refractivity contribution in [3.63, 3.8) is 0 Å². The number of hydrogen-bond acceptors (Lipinski definition) is 1. The van der Waals surface area contributed by atoms with Gasteiger partial charge in [0.15, 0.2) is 0 Å². The van der Waals surface area contributed by atoms with Gasteiger partial charge in [-0.3, -0.25) is 0 Å². The molecule has 0 N–H and O–H groups in total. The molecule has 1 aromatic rings. The predicted molar refractivity (Wildman–Crippen MR) is 56.3 cm³/mol. The average molecular weight is 178 g/mol. The largest absolute Gasteiger partial charge is 0.494 e. The highest BCUT2D eigenvalue weighted by Crippen LogP contribution is 2.17. The topological polar surface area (TPSA) is 9.23 Å². The number of rotatable bonds is 4. The van der Waals surface area contributed by atoms with Gasteiger partial charge in [0.1, 0.15) is 5.75 Å². The van der Waals surface area contributed by atoms with Crippen LogP contribution in [0.25, 0.3) is 0 Å². The molecule has 0 spiro atoms. The normalized spacial score (nSPS) is 10.1. The average Bonchev–Trinajstić information content (AvgIpc) is 2.15. The van der Waals surface area contributed by atoms with Crippen LogP contribution in [0.15, 0.2) is 18.2 Å². The molecule has 1 aromatic carbocycles. The third kappa shape index (κ3) is 2.76. The lowest BCUT2D eigenvalue weighted by Crippen LogP contribution is -1.96. The van der Waals surface area contributed by atoms with E-state index in [0.717, 1.165) is 25.2 Å². The van der Waals surface area contributed by atoms with Gasteiger partial charge in [0.25, 0.3) is 0 Å². The molecule has 0 aliphatic rings. The summed E-state index contributed by atoms with van der Waals surface area (Å²) in [6, 6.07) is 6.33. The molecule has 0 saturated carbocycles. The fourth-order valence-corrected chi connectivity index (χ4v) is 1.37. The molecule has 0 atom stereocenters. The number of benzene rings is 1. The number of ether oxygens (including phenoxy) is 1. The van der Waals surface area contributed by atoms with Crippen LogP contribution in [0, 0.1) is 6.92 Å². The summed E-state index contributed by atoms with van der Waals surface area (Å²) in [6.45, 7) is 7.24. The highest BCUT2D eigenvalue weighted by Gasteiger charge is 1.98. The molecule has 0 aliphatic carbocycles. The third-order valence-electron chi connectivity index (χ3n) is 2.17. The Balaban J connectivity index is 2.71. The standard InChI is InChI=1S/C12H18O/c1-4-8-13-12-7-6-11(5-2)10(3)9-12/h6-7,9H,4-5,8H2,1-3H3. The predicted octanol–water partition coefficient (Wildman–Crippen LogP) is 3.35. The molecule has 0 amide bonds. The maximum Gasteiger partial charge on any atom is 0.119 e. The van der Waals surface area contributed by atoms with Crippen molar-refractivity contribution in [1.29, 1.82) is 0 Å². The SMILES string of the molecule is CCCOc1ccc(CC)c(C)c1. The van der Waals surface area contributed by atoms with Crippen LogP contribution >= 0.6 is 0 Å². The second kappa shape index (κ2) is 4.90. The Bertz CT molecular complexity index is 266. The van der Waals surface area contributed by atoms with E-state index in [9.17, 15) is 0 Å². The quantitative estimate of drug-likeness (QED) is 0.687. The second-order valence-electron chi connectivity index (χ2n) is 3.29. The summed E-state index contributed by atoms with van der Waals surface area (Å²) in [5, 5.41) is 0. The monoisotopic (exact) mass is 178 g/mol. The minimum Gasteiger partial charge on any atom is -0.494 e. The van der Waals surface area contributed by atoms with Crippen molar-refractivity contribution in [3.05, 3.63) is 29.3 Å². The summed E-state index contributed by atoms with van der Waals surface area (Å²) >= 11 is 0. The number of hydrogen-bond donors (Lipinski definition) is 0. The molecule has 72 valence electrons. The molecule has 0 radical (unpaired) electrons. The Morgan fingerprint density at radius 3 is 2.54 bits per heavy atom. The second-order valence-corrected chi connectivity index (χ2v) is 3.29. The number of aryl methyl sites for hydroxylation is 2. The van der Waals surface area contributed by atoms with Crippen molar-refractivity contribution < 1.29 is 4.74 Å². The van der Waals surface area contributed by atoms with Crippen LogP contribution in [0.3, 0.4) is 0 Å². The minimum absolute atomic E-state index is 0.810. The van der Waals surface area contributed by atoms with E-state index >= 15 is 0 Å². The Morgan fingerprint density at radius 1 is 1.23 bits per heavy atom.